The van der Waals surface area contributed by atoms with E-state index in [0.29, 0.717) is 18.5 Å². The van der Waals surface area contributed by atoms with Crippen molar-refractivity contribution < 1.29 is 14.7 Å². The zero-order valence-electron chi connectivity index (χ0n) is 11.5. The van der Waals surface area contributed by atoms with Gasteiger partial charge in [-0.2, -0.15) is 0 Å². The van der Waals surface area contributed by atoms with Crippen LogP contribution >= 0.6 is 0 Å². The number of carbonyl (C=O) groups excluding carboxylic acids is 1. The summed E-state index contributed by atoms with van der Waals surface area (Å²) >= 11 is 0. The van der Waals surface area contributed by atoms with Crippen LogP contribution < -0.4 is 0 Å². The molecule has 1 amide bonds. The van der Waals surface area contributed by atoms with Gasteiger partial charge in [0.15, 0.2) is 0 Å². The molecule has 5 nitrogen and oxygen atoms in total. The summed E-state index contributed by atoms with van der Waals surface area (Å²) in [5.74, 6) is -1.07. The van der Waals surface area contributed by atoms with Crippen LogP contribution in [0.25, 0.3) is 0 Å². The quantitative estimate of drug-likeness (QED) is 0.883. The highest BCUT2D eigenvalue weighted by Crippen LogP contribution is 2.25. The summed E-state index contributed by atoms with van der Waals surface area (Å²) in [5.41, 5.74) is 3.02. The zero-order chi connectivity index (χ0) is 14.3. The maximum absolute atomic E-state index is 12.5. The normalized spacial score (nSPS) is 22.1. The molecule has 1 unspecified atom stereocenters. The number of likely N-dealkylation sites (tertiary alicyclic amines) is 1. The summed E-state index contributed by atoms with van der Waals surface area (Å²) in [6.07, 6.45) is 1.31. The molecule has 5 heteroatoms. The summed E-state index contributed by atoms with van der Waals surface area (Å²) in [6, 6.07) is 5.05. The average molecular weight is 274 g/mol. The number of carboxylic acids is 1. The molecule has 2 heterocycles. The van der Waals surface area contributed by atoms with E-state index in [4.69, 9.17) is 5.11 Å². The van der Waals surface area contributed by atoms with Gasteiger partial charge in [-0.25, -0.2) is 4.79 Å². The maximum atomic E-state index is 12.5. The zero-order valence-corrected chi connectivity index (χ0v) is 11.5. The molecule has 1 atom stereocenters. The first-order valence-electron chi connectivity index (χ1n) is 6.90. The first-order valence-corrected chi connectivity index (χ1v) is 6.90. The summed E-state index contributed by atoms with van der Waals surface area (Å²) in [4.78, 5) is 27.3. The second-order valence-corrected chi connectivity index (χ2v) is 5.65. The fraction of sp³-hybridized carbons (Fsp3) is 0.467. The van der Waals surface area contributed by atoms with E-state index in [1.807, 2.05) is 25.2 Å². The second-order valence-electron chi connectivity index (χ2n) is 5.65. The van der Waals surface area contributed by atoms with E-state index in [1.54, 1.807) is 0 Å². The van der Waals surface area contributed by atoms with Gasteiger partial charge in [-0.15, -0.1) is 0 Å². The van der Waals surface area contributed by atoms with Crippen molar-refractivity contribution in [3.8, 4) is 0 Å². The number of amides is 1. The van der Waals surface area contributed by atoms with Crippen LogP contribution in [0.3, 0.4) is 0 Å². The third kappa shape index (κ3) is 2.18. The van der Waals surface area contributed by atoms with Crippen molar-refractivity contribution in [3.05, 3.63) is 34.9 Å². The van der Waals surface area contributed by atoms with E-state index in [9.17, 15) is 9.59 Å². The van der Waals surface area contributed by atoms with E-state index in [2.05, 4.69) is 4.90 Å². The van der Waals surface area contributed by atoms with Crippen molar-refractivity contribution in [2.75, 3.05) is 13.6 Å². The molecule has 0 saturated carbocycles. The standard InChI is InChI=1S/C15H18N2O3/c1-16-8-11-5-4-10(7-12(11)9-16)14(18)17-6-2-3-13(17)15(19)20/h4-5,7,13H,2-3,6,8-9H2,1H3,(H,19,20). The number of hydrogen-bond donors (Lipinski definition) is 1. The van der Waals surface area contributed by atoms with Gasteiger partial charge in [0.2, 0.25) is 0 Å². The second kappa shape index (κ2) is 4.90. The Hall–Kier alpha value is -1.88. The predicted molar refractivity (Wildman–Crippen MR) is 73.3 cm³/mol. The van der Waals surface area contributed by atoms with Crippen LogP contribution in [0.4, 0.5) is 0 Å². The molecule has 0 radical (unpaired) electrons. The Labute approximate surface area is 117 Å². The summed E-state index contributed by atoms with van der Waals surface area (Å²) < 4.78 is 0. The van der Waals surface area contributed by atoms with E-state index >= 15 is 0 Å². The third-order valence-corrected chi connectivity index (χ3v) is 4.13. The Morgan fingerprint density at radius 1 is 1.25 bits per heavy atom. The number of fused-ring (bicyclic) bond motifs is 1. The van der Waals surface area contributed by atoms with Crippen LogP contribution in [0.5, 0.6) is 0 Å². The van der Waals surface area contributed by atoms with Crippen molar-refractivity contribution in [2.45, 2.75) is 32.0 Å². The van der Waals surface area contributed by atoms with Gasteiger partial charge in [-0.1, -0.05) is 6.07 Å². The van der Waals surface area contributed by atoms with Gasteiger partial charge in [0.25, 0.3) is 5.91 Å². The van der Waals surface area contributed by atoms with Crippen LogP contribution in [-0.4, -0.2) is 46.4 Å². The van der Waals surface area contributed by atoms with Gasteiger partial charge in [0, 0.05) is 25.2 Å². The molecule has 2 aliphatic rings. The summed E-state index contributed by atoms with van der Waals surface area (Å²) in [5, 5.41) is 9.17. The highest BCUT2D eigenvalue weighted by atomic mass is 16.4. The SMILES string of the molecule is CN1Cc2ccc(C(=O)N3CCCC3C(=O)O)cc2C1. The van der Waals surface area contributed by atoms with Crippen LogP contribution in [0, 0.1) is 0 Å². The van der Waals surface area contributed by atoms with Crippen LogP contribution in [0.1, 0.15) is 34.3 Å². The molecule has 1 aromatic carbocycles. The molecule has 20 heavy (non-hydrogen) atoms. The number of carboxylic acid groups (broad SMARTS) is 1. The van der Waals surface area contributed by atoms with Gasteiger partial charge >= 0.3 is 5.97 Å². The van der Waals surface area contributed by atoms with Crippen molar-refractivity contribution in [2.24, 2.45) is 0 Å². The Morgan fingerprint density at radius 3 is 2.75 bits per heavy atom. The lowest BCUT2D eigenvalue weighted by Gasteiger charge is -2.21. The predicted octanol–water partition coefficient (Wildman–Crippen LogP) is 1.32. The topological polar surface area (TPSA) is 60.9 Å². The molecule has 106 valence electrons. The first-order chi connectivity index (χ1) is 9.56. The molecule has 3 rings (SSSR count). The van der Waals surface area contributed by atoms with Crippen LogP contribution in [0.15, 0.2) is 18.2 Å². The molecule has 0 aromatic heterocycles. The molecule has 0 bridgehead atoms. The van der Waals surface area contributed by atoms with Crippen LogP contribution in [0.2, 0.25) is 0 Å². The van der Waals surface area contributed by atoms with Crippen molar-refractivity contribution >= 4 is 11.9 Å². The lowest BCUT2D eigenvalue weighted by atomic mass is 10.1. The smallest absolute Gasteiger partial charge is 0.326 e. The van der Waals surface area contributed by atoms with Gasteiger partial charge in [0.1, 0.15) is 6.04 Å². The number of nitrogens with zero attached hydrogens (tertiary/aromatic N) is 2. The number of carbonyl (C=O) groups is 2. The Kier molecular flexibility index (Phi) is 3.22. The van der Waals surface area contributed by atoms with E-state index in [0.717, 1.165) is 19.5 Å². The average Bonchev–Trinajstić information content (AvgIpc) is 3.01. The van der Waals surface area contributed by atoms with Crippen molar-refractivity contribution in [1.82, 2.24) is 9.80 Å². The minimum Gasteiger partial charge on any atom is -0.480 e. The highest BCUT2D eigenvalue weighted by molar-refractivity contribution is 5.97. The fourth-order valence-corrected chi connectivity index (χ4v) is 3.13. The molecule has 1 fully saturated rings. The maximum Gasteiger partial charge on any atom is 0.326 e. The summed E-state index contributed by atoms with van der Waals surface area (Å²) in [6.45, 7) is 2.29. The van der Waals surface area contributed by atoms with Crippen LogP contribution in [-0.2, 0) is 17.9 Å². The minimum absolute atomic E-state index is 0.160. The third-order valence-electron chi connectivity index (χ3n) is 4.13. The van der Waals surface area contributed by atoms with Gasteiger partial charge in [-0.3, -0.25) is 9.69 Å². The lowest BCUT2D eigenvalue weighted by Crippen LogP contribution is -2.40. The molecular formula is C15H18N2O3. The Bertz CT molecular complexity index is 570. The highest BCUT2D eigenvalue weighted by Gasteiger charge is 2.34. The Morgan fingerprint density at radius 2 is 2.00 bits per heavy atom. The fourth-order valence-electron chi connectivity index (χ4n) is 3.13. The first kappa shape index (κ1) is 13.1. The van der Waals surface area contributed by atoms with E-state index in [1.165, 1.54) is 16.0 Å². The number of benzene rings is 1. The molecule has 1 aromatic rings. The van der Waals surface area contributed by atoms with Gasteiger partial charge < -0.3 is 10.0 Å². The van der Waals surface area contributed by atoms with E-state index < -0.39 is 12.0 Å². The largest absolute Gasteiger partial charge is 0.480 e. The molecular weight excluding hydrogens is 256 g/mol. The summed E-state index contributed by atoms with van der Waals surface area (Å²) in [7, 11) is 2.04. The van der Waals surface area contributed by atoms with Crippen molar-refractivity contribution in [3.63, 3.8) is 0 Å². The van der Waals surface area contributed by atoms with E-state index in [-0.39, 0.29) is 5.91 Å². The monoisotopic (exact) mass is 274 g/mol. The molecule has 1 saturated heterocycles. The van der Waals surface area contributed by atoms with Gasteiger partial charge in [-0.05, 0) is 43.1 Å². The molecule has 0 aliphatic carbocycles. The van der Waals surface area contributed by atoms with Gasteiger partial charge in [0.05, 0.1) is 0 Å². The molecule has 1 N–H and O–H groups in total. The molecule has 0 spiro atoms. The Balaban J connectivity index is 1.85. The number of aliphatic carboxylic acids is 1. The van der Waals surface area contributed by atoms with Crippen molar-refractivity contribution in [1.29, 1.82) is 0 Å². The molecule has 2 aliphatic heterocycles. The lowest BCUT2D eigenvalue weighted by molar-refractivity contribution is -0.141. The minimum atomic E-state index is -0.906. The number of rotatable bonds is 2. The number of hydrogen-bond acceptors (Lipinski definition) is 3.